The topological polar surface area (TPSA) is 100 Å². The van der Waals surface area contributed by atoms with E-state index in [9.17, 15) is 8.42 Å². The van der Waals surface area contributed by atoms with Crippen LogP contribution < -0.4 is 5.14 Å². The Kier molecular flexibility index (Phi) is 4.54. The lowest BCUT2D eigenvalue weighted by Crippen LogP contribution is -2.22. The molecule has 0 aromatic carbocycles. The number of sulfonamides is 1. The van der Waals surface area contributed by atoms with Crippen molar-refractivity contribution in [3.63, 3.8) is 0 Å². The lowest BCUT2D eigenvalue weighted by Gasteiger charge is -2.21. The number of nitrogens with zero attached hydrogens (tertiary/aromatic N) is 3. The van der Waals surface area contributed by atoms with Crippen molar-refractivity contribution >= 4 is 10.0 Å². The van der Waals surface area contributed by atoms with E-state index in [-0.39, 0.29) is 11.1 Å². The number of primary sulfonamides is 1. The fraction of sp³-hybridized carbons (Fsp3) is 0.818. The molecule has 1 aromatic heterocycles. The molecule has 7 nitrogen and oxygen atoms in total. The van der Waals surface area contributed by atoms with Gasteiger partial charge >= 0.3 is 0 Å². The third-order valence-electron chi connectivity index (χ3n) is 3.49. The standard InChI is InChI=1S/C11H20N4O3S/c1-18-8-7-15-10(9-5-3-2-4-6-9)13-14-11(15)19(12,16)17/h9H,2-8H2,1H3,(H2,12,16,17). The normalized spacial score (nSPS) is 17.8. The predicted molar refractivity (Wildman–Crippen MR) is 69.1 cm³/mol. The van der Waals surface area contributed by atoms with Crippen LogP contribution >= 0.6 is 0 Å². The highest BCUT2D eigenvalue weighted by molar-refractivity contribution is 7.89. The van der Waals surface area contributed by atoms with Crippen LogP contribution in [0.4, 0.5) is 0 Å². The minimum atomic E-state index is -3.85. The van der Waals surface area contributed by atoms with Crippen molar-refractivity contribution in [2.24, 2.45) is 5.14 Å². The van der Waals surface area contributed by atoms with Gasteiger partial charge in [0, 0.05) is 19.6 Å². The van der Waals surface area contributed by atoms with Gasteiger partial charge in [-0.25, -0.2) is 13.6 Å². The average molecular weight is 288 g/mol. The summed E-state index contributed by atoms with van der Waals surface area (Å²) in [7, 11) is -2.28. The molecule has 0 spiro atoms. The molecule has 0 bridgehead atoms. The van der Waals surface area contributed by atoms with Crippen LogP contribution in [-0.4, -0.2) is 36.9 Å². The van der Waals surface area contributed by atoms with Crippen molar-refractivity contribution in [3.8, 4) is 0 Å². The maximum absolute atomic E-state index is 11.5. The third-order valence-corrected chi connectivity index (χ3v) is 4.30. The molecular formula is C11H20N4O3S. The van der Waals surface area contributed by atoms with Crippen molar-refractivity contribution in [1.82, 2.24) is 14.8 Å². The highest BCUT2D eigenvalue weighted by Gasteiger charge is 2.26. The molecule has 0 unspecified atom stereocenters. The monoisotopic (exact) mass is 288 g/mol. The van der Waals surface area contributed by atoms with E-state index in [4.69, 9.17) is 9.88 Å². The molecule has 8 heteroatoms. The molecule has 1 aliphatic rings. The van der Waals surface area contributed by atoms with Crippen molar-refractivity contribution in [2.75, 3.05) is 13.7 Å². The van der Waals surface area contributed by atoms with E-state index >= 15 is 0 Å². The van der Waals surface area contributed by atoms with Gasteiger partial charge in [0.25, 0.3) is 15.2 Å². The smallest absolute Gasteiger partial charge is 0.273 e. The summed E-state index contributed by atoms with van der Waals surface area (Å²) in [6.07, 6.45) is 5.56. The van der Waals surface area contributed by atoms with Gasteiger partial charge in [-0.15, -0.1) is 10.2 Å². The van der Waals surface area contributed by atoms with Gasteiger partial charge in [-0.2, -0.15) is 0 Å². The van der Waals surface area contributed by atoms with E-state index in [1.165, 1.54) is 6.42 Å². The second kappa shape index (κ2) is 5.98. The first kappa shape index (κ1) is 14.4. The Balaban J connectivity index is 2.34. The number of methoxy groups -OCH3 is 1. The zero-order chi connectivity index (χ0) is 13.9. The Morgan fingerprint density at radius 3 is 2.58 bits per heavy atom. The molecule has 0 radical (unpaired) electrons. The predicted octanol–water partition coefficient (Wildman–Crippen LogP) is 0.620. The zero-order valence-corrected chi connectivity index (χ0v) is 11.9. The zero-order valence-electron chi connectivity index (χ0n) is 11.1. The van der Waals surface area contributed by atoms with E-state index in [0.717, 1.165) is 31.5 Å². The summed E-state index contributed by atoms with van der Waals surface area (Å²) in [6, 6.07) is 0. The molecule has 0 aliphatic heterocycles. The Hall–Kier alpha value is -0.990. The highest BCUT2D eigenvalue weighted by Crippen LogP contribution is 2.32. The van der Waals surface area contributed by atoms with Gasteiger partial charge in [0.05, 0.1) is 6.61 Å². The van der Waals surface area contributed by atoms with Crippen LogP contribution in [0.3, 0.4) is 0 Å². The number of nitrogens with two attached hydrogens (primary N) is 1. The summed E-state index contributed by atoms with van der Waals surface area (Å²) in [5.41, 5.74) is 0. The third kappa shape index (κ3) is 3.31. The van der Waals surface area contributed by atoms with Crippen LogP contribution in [0.5, 0.6) is 0 Å². The van der Waals surface area contributed by atoms with Gasteiger partial charge in [-0.1, -0.05) is 19.3 Å². The lowest BCUT2D eigenvalue weighted by molar-refractivity contribution is 0.182. The summed E-state index contributed by atoms with van der Waals surface area (Å²) in [6.45, 7) is 0.807. The molecule has 108 valence electrons. The second-order valence-corrected chi connectivity index (χ2v) is 6.32. The molecule has 1 heterocycles. The van der Waals surface area contributed by atoms with Gasteiger partial charge in [0.2, 0.25) is 0 Å². The summed E-state index contributed by atoms with van der Waals surface area (Å²) in [4.78, 5) is 0. The molecule has 19 heavy (non-hydrogen) atoms. The summed E-state index contributed by atoms with van der Waals surface area (Å²) >= 11 is 0. The van der Waals surface area contributed by atoms with Crippen molar-refractivity contribution < 1.29 is 13.2 Å². The lowest BCUT2D eigenvalue weighted by atomic mass is 9.89. The van der Waals surface area contributed by atoms with Crippen LogP contribution in [0.1, 0.15) is 43.8 Å². The maximum Gasteiger partial charge on any atom is 0.273 e. The first-order valence-electron chi connectivity index (χ1n) is 6.49. The second-order valence-electron chi connectivity index (χ2n) is 4.87. The van der Waals surface area contributed by atoms with E-state index in [0.29, 0.717) is 13.2 Å². The van der Waals surface area contributed by atoms with Crippen molar-refractivity contribution in [1.29, 1.82) is 0 Å². The molecule has 2 N–H and O–H groups in total. The number of hydrogen-bond acceptors (Lipinski definition) is 5. The van der Waals surface area contributed by atoms with Crippen molar-refractivity contribution in [2.45, 2.75) is 49.7 Å². The molecule has 0 saturated heterocycles. The van der Waals surface area contributed by atoms with E-state index in [1.807, 2.05) is 0 Å². The summed E-state index contributed by atoms with van der Waals surface area (Å²) in [5.74, 6) is 0.995. The Morgan fingerprint density at radius 1 is 1.32 bits per heavy atom. The molecule has 0 atom stereocenters. The van der Waals surface area contributed by atoms with Gasteiger partial charge < -0.3 is 4.74 Å². The van der Waals surface area contributed by atoms with Gasteiger partial charge in [-0.3, -0.25) is 4.57 Å². The minimum Gasteiger partial charge on any atom is -0.383 e. The number of rotatable bonds is 5. The van der Waals surface area contributed by atoms with E-state index in [2.05, 4.69) is 10.2 Å². The highest BCUT2D eigenvalue weighted by atomic mass is 32.2. The quantitative estimate of drug-likeness (QED) is 0.856. The SMILES string of the molecule is COCCn1c(C2CCCCC2)nnc1S(N)(=O)=O. The van der Waals surface area contributed by atoms with Gasteiger partial charge in [-0.05, 0) is 12.8 Å². The first-order valence-corrected chi connectivity index (χ1v) is 8.03. The molecule has 2 rings (SSSR count). The van der Waals surface area contributed by atoms with Crippen LogP contribution in [0.15, 0.2) is 5.16 Å². The minimum absolute atomic E-state index is 0.162. The largest absolute Gasteiger partial charge is 0.383 e. The summed E-state index contributed by atoms with van der Waals surface area (Å²) in [5, 5.41) is 12.8. The molecule has 0 amide bonds. The molecule has 1 aromatic rings. The van der Waals surface area contributed by atoms with Gasteiger partial charge in [0.1, 0.15) is 5.82 Å². The fourth-order valence-electron chi connectivity index (χ4n) is 2.57. The van der Waals surface area contributed by atoms with Crippen LogP contribution in [-0.2, 0) is 21.3 Å². The molecule has 1 fully saturated rings. The fourth-order valence-corrected chi connectivity index (χ4v) is 3.21. The Bertz CT molecular complexity index is 520. The Labute approximate surface area is 113 Å². The van der Waals surface area contributed by atoms with Crippen molar-refractivity contribution in [3.05, 3.63) is 5.82 Å². The summed E-state index contributed by atoms with van der Waals surface area (Å²) < 4.78 is 29.7. The number of ether oxygens (including phenoxy) is 1. The molecule has 1 saturated carbocycles. The first-order chi connectivity index (χ1) is 9.04. The molecular weight excluding hydrogens is 268 g/mol. The van der Waals surface area contributed by atoms with E-state index in [1.54, 1.807) is 11.7 Å². The van der Waals surface area contributed by atoms with Gasteiger partial charge in [0.15, 0.2) is 0 Å². The number of aromatic nitrogens is 3. The van der Waals surface area contributed by atoms with Crippen LogP contribution in [0.2, 0.25) is 0 Å². The molecule has 1 aliphatic carbocycles. The van der Waals surface area contributed by atoms with E-state index < -0.39 is 10.0 Å². The van der Waals surface area contributed by atoms with Crippen LogP contribution in [0.25, 0.3) is 0 Å². The average Bonchev–Trinajstić information content (AvgIpc) is 2.81. The Morgan fingerprint density at radius 2 is 2.00 bits per heavy atom. The maximum atomic E-state index is 11.5. The van der Waals surface area contributed by atoms with Crippen LogP contribution in [0, 0.1) is 0 Å². The number of hydrogen-bond donors (Lipinski definition) is 1.